The SMILES string of the molecule is COc1ccc(CN2CCO[C@H](c3ccccc3)[C@H](N(C(=O)Cc3cc(F)cc(F)c3)C(=O)[C@H](C)N)C2=O)cc1. The Balaban J connectivity index is 1.75. The van der Waals surface area contributed by atoms with Crippen LogP contribution in [0.3, 0.4) is 0 Å². The first-order valence-electron chi connectivity index (χ1n) is 12.8. The molecule has 0 radical (unpaired) electrons. The smallest absolute Gasteiger partial charge is 0.249 e. The summed E-state index contributed by atoms with van der Waals surface area (Å²) in [6.45, 7) is 1.93. The van der Waals surface area contributed by atoms with Gasteiger partial charge in [0.1, 0.15) is 29.5 Å². The molecule has 210 valence electrons. The molecule has 0 unspecified atom stereocenters. The number of carbonyl (C=O) groups excluding carboxylic acids is 3. The van der Waals surface area contributed by atoms with Crippen molar-refractivity contribution in [3.63, 3.8) is 0 Å². The van der Waals surface area contributed by atoms with Crippen LogP contribution in [0.15, 0.2) is 72.8 Å². The molecule has 0 aromatic heterocycles. The van der Waals surface area contributed by atoms with Crippen LogP contribution in [0, 0.1) is 11.6 Å². The fourth-order valence-electron chi connectivity index (χ4n) is 4.69. The summed E-state index contributed by atoms with van der Waals surface area (Å²) in [5.74, 6) is -3.24. The number of halogens is 2. The zero-order valence-electron chi connectivity index (χ0n) is 22.3. The molecular weight excluding hydrogens is 520 g/mol. The molecule has 10 heteroatoms. The summed E-state index contributed by atoms with van der Waals surface area (Å²) in [6.07, 6.45) is -1.53. The first-order chi connectivity index (χ1) is 19.2. The van der Waals surface area contributed by atoms with Crippen LogP contribution in [-0.2, 0) is 32.1 Å². The van der Waals surface area contributed by atoms with E-state index in [-0.39, 0.29) is 25.3 Å². The quantitative estimate of drug-likeness (QED) is 0.461. The van der Waals surface area contributed by atoms with Gasteiger partial charge in [0.2, 0.25) is 17.7 Å². The summed E-state index contributed by atoms with van der Waals surface area (Å²) in [7, 11) is 1.55. The van der Waals surface area contributed by atoms with Crippen molar-refractivity contribution < 1.29 is 32.6 Å². The molecule has 1 aliphatic rings. The molecule has 1 fully saturated rings. The molecule has 40 heavy (non-hydrogen) atoms. The Kier molecular flexibility index (Phi) is 9.23. The van der Waals surface area contributed by atoms with Crippen LogP contribution in [0.4, 0.5) is 8.78 Å². The van der Waals surface area contributed by atoms with E-state index in [1.165, 1.54) is 11.8 Å². The predicted octanol–water partition coefficient (Wildman–Crippen LogP) is 3.39. The lowest BCUT2D eigenvalue weighted by molar-refractivity contribution is -0.159. The second-order valence-electron chi connectivity index (χ2n) is 9.60. The predicted molar refractivity (Wildman–Crippen MR) is 143 cm³/mol. The van der Waals surface area contributed by atoms with Gasteiger partial charge < -0.3 is 20.1 Å². The van der Waals surface area contributed by atoms with Gasteiger partial charge in [-0.2, -0.15) is 0 Å². The highest BCUT2D eigenvalue weighted by atomic mass is 19.1. The van der Waals surface area contributed by atoms with E-state index in [1.54, 1.807) is 49.6 Å². The van der Waals surface area contributed by atoms with Crippen molar-refractivity contribution in [2.45, 2.75) is 38.1 Å². The number of hydrogen-bond donors (Lipinski definition) is 1. The van der Waals surface area contributed by atoms with Crippen molar-refractivity contribution in [1.29, 1.82) is 0 Å². The Morgan fingerprint density at radius 3 is 2.30 bits per heavy atom. The highest BCUT2D eigenvalue weighted by molar-refractivity contribution is 6.03. The molecule has 2 N–H and O–H groups in total. The van der Waals surface area contributed by atoms with Gasteiger partial charge in [0, 0.05) is 19.2 Å². The van der Waals surface area contributed by atoms with Crippen molar-refractivity contribution >= 4 is 17.7 Å². The Bertz CT molecular complexity index is 1330. The second kappa shape index (κ2) is 12.8. The number of nitrogens with zero attached hydrogens (tertiary/aromatic N) is 2. The second-order valence-corrected chi connectivity index (χ2v) is 9.60. The van der Waals surface area contributed by atoms with Crippen molar-refractivity contribution in [2.75, 3.05) is 20.3 Å². The number of nitrogens with two attached hydrogens (primary N) is 1. The Hall–Kier alpha value is -4.15. The number of amides is 3. The lowest BCUT2D eigenvalue weighted by Gasteiger charge is -2.36. The monoisotopic (exact) mass is 551 g/mol. The topological polar surface area (TPSA) is 102 Å². The van der Waals surface area contributed by atoms with E-state index in [2.05, 4.69) is 0 Å². The largest absolute Gasteiger partial charge is 0.497 e. The lowest BCUT2D eigenvalue weighted by Crippen LogP contribution is -2.58. The van der Waals surface area contributed by atoms with Crippen molar-refractivity contribution in [3.8, 4) is 5.75 Å². The third-order valence-corrected chi connectivity index (χ3v) is 6.62. The minimum absolute atomic E-state index is 0.0123. The molecule has 3 aromatic carbocycles. The van der Waals surface area contributed by atoms with Crippen LogP contribution in [0.25, 0.3) is 0 Å². The molecule has 3 aromatic rings. The Labute approximate surface area is 231 Å². The van der Waals surface area contributed by atoms with Crippen LogP contribution in [0.5, 0.6) is 5.75 Å². The van der Waals surface area contributed by atoms with Crippen molar-refractivity contribution in [1.82, 2.24) is 9.80 Å². The zero-order valence-corrected chi connectivity index (χ0v) is 22.3. The summed E-state index contributed by atoms with van der Waals surface area (Å²) < 4.78 is 39.1. The lowest BCUT2D eigenvalue weighted by atomic mass is 9.97. The highest BCUT2D eigenvalue weighted by Gasteiger charge is 2.45. The Morgan fingerprint density at radius 1 is 1.05 bits per heavy atom. The van der Waals surface area contributed by atoms with Gasteiger partial charge in [-0.05, 0) is 47.9 Å². The van der Waals surface area contributed by atoms with E-state index < -0.39 is 54.0 Å². The third kappa shape index (κ3) is 6.70. The first-order valence-corrected chi connectivity index (χ1v) is 12.8. The number of hydrogen-bond acceptors (Lipinski definition) is 6. The average molecular weight is 552 g/mol. The fourth-order valence-corrected chi connectivity index (χ4v) is 4.69. The number of methoxy groups -OCH3 is 1. The van der Waals surface area contributed by atoms with Crippen molar-refractivity contribution in [2.24, 2.45) is 5.73 Å². The zero-order chi connectivity index (χ0) is 28.8. The molecule has 0 saturated carbocycles. The number of ether oxygens (including phenoxy) is 2. The maximum absolute atomic E-state index is 14.2. The van der Waals surface area contributed by atoms with E-state index in [0.29, 0.717) is 17.4 Å². The van der Waals surface area contributed by atoms with Gasteiger partial charge >= 0.3 is 0 Å². The number of carbonyl (C=O) groups is 3. The molecule has 1 heterocycles. The van der Waals surface area contributed by atoms with Gasteiger partial charge in [0.25, 0.3) is 0 Å². The van der Waals surface area contributed by atoms with E-state index in [0.717, 1.165) is 22.6 Å². The molecule has 3 amide bonds. The van der Waals surface area contributed by atoms with Gasteiger partial charge in [0.15, 0.2) is 0 Å². The normalized spacial score (nSPS) is 18.1. The first kappa shape index (κ1) is 28.8. The molecule has 0 bridgehead atoms. The van der Waals surface area contributed by atoms with Gasteiger partial charge in [-0.25, -0.2) is 8.78 Å². The summed E-state index contributed by atoms with van der Waals surface area (Å²) in [4.78, 5) is 43.7. The van der Waals surface area contributed by atoms with Crippen LogP contribution < -0.4 is 10.5 Å². The van der Waals surface area contributed by atoms with E-state index in [1.807, 2.05) is 12.1 Å². The fraction of sp³-hybridized carbons (Fsp3) is 0.300. The van der Waals surface area contributed by atoms with Gasteiger partial charge in [-0.3, -0.25) is 19.3 Å². The molecule has 8 nitrogen and oxygen atoms in total. The molecular formula is C30H31F2N3O5. The number of benzene rings is 3. The van der Waals surface area contributed by atoms with Crippen LogP contribution in [0.2, 0.25) is 0 Å². The highest BCUT2D eigenvalue weighted by Crippen LogP contribution is 2.31. The van der Waals surface area contributed by atoms with E-state index in [9.17, 15) is 23.2 Å². The average Bonchev–Trinajstić information content (AvgIpc) is 3.08. The summed E-state index contributed by atoms with van der Waals surface area (Å²) >= 11 is 0. The van der Waals surface area contributed by atoms with E-state index in [4.69, 9.17) is 15.2 Å². The minimum Gasteiger partial charge on any atom is -0.497 e. The van der Waals surface area contributed by atoms with Crippen LogP contribution in [0.1, 0.15) is 29.7 Å². The van der Waals surface area contributed by atoms with Crippen LogP contribution in [-0.4, -0.2) is 59.9 Å². The molecule has 0 spiro atoms. The Morgan fingerprint density at radius 2 is 1.70 bits per heavy atom. The molecule has 0 aliphatic carbocycles. The molecule has 1 aliphatic heterocycles. The molecule has 4 rings (SSSR count). The standard InChI is InChI=1S/C30H31F2N3O5/c1-19(33)29(37)35(26(36)16-21-14-23(31)17-24(32)15-21)27-28(22-6-4-3-5-7-22)40-13-12-34(30(27)38)18-20-8-10-25(39-2)11-9-20/h3-11,14-15,17,19,27-28H,12-13,16,18,33H2,1-2H3/t19-,27-,28+/m0/s1. The minimum atomic E-state index is -1.41. The number of rotatable bonds is 8. The maximum Gasteiger partial charge on any atom is 0.249 e. The summed E-state index contributed by atoms with van der Waals surface area (Å²) in [5.41, 5.74) is 7.33. The summed E-state index contributed by atoms with van der Waals surface area (Å²) in [6, 6.07) is 16.1. The summed E-state index contributed by atoms with van der Waals surface area (Å²) in [5, 5.41) is 0. The number of imide groups is 1. The van der Waals surface area contributed by atoms with Gasteiger partial charge in [-0.1, -0.05) is 42.5 Å². The third-order valence-electron chi connectivity index (χ3n) is 6.62. The van der Waals surface area contributed by atoms with Crippen LogP contribution >= 0.6 is 0 Å². The van der Waals surface area contributed by atoms with Crippen molar-refractivity contribution in [3.05, 3.63) is 101 Å². The van der Waals surface area contributed by atoms with E-state index >= 15 is 0 Å². The molecule has 1 saturated heterocycles. The molecule has 3 atom stereocenters. The maximum atomic E-state index is 14.2. The van der Waals surface area contributed by atoms with Gasteiger partial charge in [0.05, 0.1) is 26.2 Å². The van der Waals surface area contributed by atoms with Gasteiger partial charge in [-0.15, -0.1) is 0 Å².